The Labute approximate surface area is 80.3 Å². The Morgan fingerprint density at radius 3 is 1.12 bits per heavy atom. The van der Waals surface area contributed by atoms with Crippen LogP contribution in [0.3, 0.4) is 0 Å². The van der Waals surface area contributed by atoms with Gasteiger partial charge in [0.25, 0.3) is 0 Å². The summed E-state index contributed by atoms with van der Waals surface area (Å²) in [5.41, 5.74) is 0. The first-order chi connectivity index (χ1) is 2.73. The van der Waals surface area contributed by atoms with Gasteiger partial charge >= 0.3 is 59.5 Å². The predicted octanol–water partition coefficient (Wildman–Crippen LogP) is -8.56. The number of hydrogen-bond donors (Lipinski definition) is 0. The molecular weight excluding hydrogens is 155 g/mol. The van der Waals surface area contributed by atoms with Gasteiger partial charge in [0.2, 0.25) is 0 Å². The van der Waals surface area contributed by atoms with Crippen LogP contribution in [0.5, 0.6) is 0 Å². The molecule has 8 heavy (non-hydrogen) atoms. The number of carbonyl (C=O) groups excluding carboxylic acids is 1. The molecular formula is CLi2O4Zn. The zero-order chi connectivity index (χ0) is 5.58. The van der Waals surface area contributed by atoms with Crippen molar-refractivity contribution in [2.45, 2.75) is 0 Å². The fraction of sp³-hybridized carbons (Fsp3) is 0. The van der Waals surface area contributed by atoms with E-state index in [1.165, 1.54) is 0 Å². The molecule has 4 nitrogen and oxygen atoms in total. The van der Waals surface area contributed by atoms with Crippen molar-refractivity contribution in [1.29, 1.82) is 0 Å². The molecule has 32 valence electrons. The minimum absolute atomic E-state index is 0. The van der Waals surface area contributed by atoms with E-state index in [1.54, 1.807) is 0 Å². The van der Waals surface area contributed by atoms with Gasteiger partial charge in [-0.2, -0.15) is 0 Å². The van der Waals surface area contributed by atoms with Crippen molar-refractivity contribution in [2.24, 2.45) is 0 Å². The van der Waals surface area contributed by atoms with Gasteiger partial charge in [-0.3, -0.25) is 0 Å². The van der Waals surface area contributed by atoms with Gasteiger partial charge in [-0.25, -0.2) is 0 Å². The third-order valence-electron chi connectivity index (χ3n) is 0. The van der Waals surface area contributed by atoms with Crippen molar-refractivity contribution in [3.63, 3.8) is 0 Å². The Kier molecular flexibility index (Phi) is 71.6. The van der Waals surface area contributed by atoms with Crippen molar-refractivity contribution in [3.05, 3.63) is 0 Å². The van der Waals surface area contributed by atoms with E-state index in [-0.39, 0.29) is 56.0 Å². The van der Waals surface area contributed by atoms with Crippen LogP contribution in [-0.2, 0) is 21.8 Å². The van der Waals surface area contributed by atoms with Gasteiger partial charge in [0, 0.05) is 0 Å². The molecule has 0 rings (SSSR count). The van der Waals surface area contributed by atoms with Crippen molar-refractivity contribution in [3.8, 4) is 0 Å². The van der Waals surface area contributed by atoms with Gasteiger partial charge in [-0.1, -0.05) is 0 Å². The van der Waals surface area contributed by atoms with E-state index in [0.29, 0.717) is 0 Å². The second-order valence-corrected chi connectivity index (χ2v) is 0.250. The van der Waals surface area contributed by atoms with E-state index in [4.69, 9.17) is 18.6 Å². The second-order valence-electron chi connectivity index (χ2n) is 0.250. The van der Waals surface area contributed by atoms with Gasteiger partial charge < -0.3 is 15.0 Å². The zero-order valence-corrected chi connectivity index (χ0v) is 7.81. The standard InChI is InChI=1S/CH2O3.2Li.O.Zn/c2-1(3)4;;;;/h(H2,2,3,4);;;;/q;2*+1;;/p-2. The summed E-state index contributed by atoms with van der Waals surface area (Å²) in [6.07, 6.45) is -2.33. The average Bonchev–Trinajstić information content (AvgIpc) is 1.41. The molecule has 0 unspecified atom stereocenters. The first kappa shape index (κ1) is 23.1. The van der Waals surface area contributed by atoms with Gasteiger partial charge in [0.05, 0.1) is 0 Å². The predicted molar refractivity (Wildman–Crippen MR) is 6.08 cm³/mol. The van der Waals surface area contributed by atoms with Crippen LogP contribution in [0, 0.1) is 0 Å². The third kappa shape index (κ3) is 303. The van der Waals surface area contributed by atoms with Crippen LogP contribution < -0.4 is 47.9 Å². The maximum absolute atomic E-state index is 8.38. The van der Waals surface area contributed by atoms with E-state index < -0.39 is 6.16 Å². The van der Waals surface area contributed by atoms with Crippen LogP contribution in [0.15, 0.2) is 0 Å². The summed E-state index contributed by atoms with van der Waals surface area (Å²) in [5.74, 6) is 0. The SMILES string of the molecule is O=C([O-])[O-].[Li+].[Li+].[O]=[Zn]. The van der Waals surface area contributed by atoms with E-state index in [2.05, 4.69) is 0 Å². The molecule has 0 aliphatic heterocycles. The molecule has 0 saturated heterocycles. The van der Waals surface area contributed by atoms with Gasteiger partial charge in [0.1, 0.15) is 0 Å². The molecule has 0 bridgehead atoms. The Morgan fingerprint density at radius 1 is 1.12 bits per heavy atom. The Hall–Kier alpha value is 0.888. The molecule has 0 aliphatic carbocycles. The molecule has 0 atom stereocenters. The minimum atomic E-state index is -2.33. The molecule has 0 aromatic heterocycles. The summed E-state index contributed by atoms with van der Waals surface area (Å²) in [5, 5.41) is 16.7. The van der Waals surface area contributed by atoms with Gasteiger partial charge in [-0.15, -0.1) is 0 Å². The molecule has 0 fully saturated rings. The summed E-state index contributed by atoms with van der Waals surface area (Å²) in [6.45, 7) is 0. The molecule has 0 N–H and O–H groups in total. The second kappa shape index (κ2) is 24.8. The topological polar surface area (TPSA) is 80.3 Å². The first-order valence-electron chi connectivity index (χ1n) is 0.901. The monoisotopic (exact) mass is 154 g/mol. The molecule has 0 radical (unpaired) electrons. The third-order valence-corrected chi connectivity index (χ3v) is 0. The molecule has 0 aromatic carbocycles. The molecule has 0 spiro atoms. The fourth-order valence-electron chi connectivity index (χ4n) is 0. The summed E-state index contributed by atoms with van der Waals surface area (Å²) in [4.78, 5) is 8.33. The van der Waals surface area contributed by atoms with Gasteiger partial charge in [0.15, 0.2) is 0 Å². The average molecular weight is 155 g/mol. The van der Waals surface area contributed by atoms with Crippen LogP contribution >= 0.6 is 0 Å². The molecule has 0 aliphatic rings. The maximum atomic E-state index is 8.38. The van der Waals surface area contributed by atoms with E-state index in [0.717, 1.165) is 0 Å². The van der Waals surface area contributed by atoms with Crippen molar-refractivity contribution < 1.29 is 74.6 Å². The number of carbonyl (C=O) groups is 1. The molecule has 7 heteroatoms. The zero-order valence-electron chi connectivity index (χ0n) is 4.84. The molecule has 0 aromatic rings. The molecule has 0 amide bonds. The molecule has 0 heterocycles. The number of hydrogen-bond acceptors (Lipinski definition) is 4. The van der Waals surface area contributed by atoms with Crippen LogP contribution in [0.1, 0.15) is 0 Å². The van der Waals surface area contributed by atoms with Crippen molar-refractivity contribution in [2.75, 3.05) is 0 Å². The van der Waals surface area contributed by atoms with Crippen LogP contribution in [0.4, 0.5) is 4.79 Å². The van der Waals surface area contributed by atoms with Crippen LogP contribution in [0.2, 0.25) is 0 Å². The summed E-state index contributed by atoms with van der Waals surface area (Å²) in [7, 11) is 0. The summed E-state index contributed by atoms with van der Waals surface area (Å²) < 4.78 is 8.38. The van der Waals surface area contributed by atoms with E-state index in [9.17, 15) is 0 Å². The molecule has 0 saturated carbocycles. The Bertz CT molecular complexity index is 45.3. The first-order valence-corrected chi connectivity index (χ1v) is 2.11. The van der Waals surface area contributed by atoms with Crippen LogP contribution in [0.25, 0.3) is 0 Å². The van der Waals surface area contributed by atoms with Crippen molar-refractivity contribution in [1.82, 2.24) is 0 Å². The van der Waals surface area contributed by atoms with Gasteiger partial charge in [-0.05, 0) is 6.16 Å². The normalized spacial score (nSPS) is 3.75. The Morgan fingerprint density at radius 2 is 1.12 bits per heavy atom. The summed E-state index contributed by atoms with van der Waals surface area (Å²) >= 11 is 0.125. The van der Waals surface area contributed by atoms with Crippen LogP contribution in [-0.4, -0.2) is 6.16 Å². The Balaban J connectivity index is -0.0000000183. The van der Waals surface area contributed by atoms with Crippen molar-refractivity contribution >= 4 is 6.16 Å². The quantitative estimate of drug-likeness (QED) is 0.325. The summed E-state index contributed by atoms with van der Waals surface area (Å²) in [6, 6.07) is 0. The fourth-order valence-corrected chi connectivity index (χ4v) is 0. The number of rotatable bonds is 0. The number of carboxylic acid groups (broad SMARTS) is 2. The van der Waals surface area contributed by atoms with E-state index >= 15 is 0 Å². The van der Waals surface area contributed by atoms with E-state index in [1.807, 2.05) is 0 Å².